The molecule has 20 heavy (non-hydrogen) atoms. The Hall–Kier alpha value is -2.14. The molecule has 5 nitrogen and oxygen atoms in total. The van der Waals surface area contributed by atoms with Crippen molar-refractivity contribution < 1.29 is 14.1 Å². The Morgan fingerprint density at radius 1 is 1.35 bits per heavy atom. The molecule has 1 aliphatic rings. The van der Waals surface area contributed by atoms with Gasteiger partial charge in [0.05, 0.1) is 6.10 Å². The summed E-state index contributed by atoms with van der Waals surface area (Å²) in [6, 6.07) is 9.51. The van der Waals surface area contributed by atoms with E-state index in [9.17, 15) is 4.79 Å². The highest BCUT2D eigenvalue weighted by Crippen LogP contribution is 2.21. The van der Waals surface area contributed by atoms with Crippen molar-refractivity contribution in [2.24, 2.45) is 0 Å². The van der Waals surface area contributed by atoms with E-state index in [-0.39, 0.29) is 12.0 Å². The topological polar surface area (TPSA) is 64.4 Å². The molecule has 1 saturated heterocycles. The highest BCUT2D eigenvalue weighted by molar-refractivity contribution is 5.99. The molecule has 2 aromatic rings. The smallest absolute Gasteiger partial charge is 0.256 e. The van der Waals surface area contributed by atoms with Crippen LogP contribution in [0.2, 0.25) is 0 Å². The highest BCUT2D eigenvalue weighted by atomic mass is 16.5. The molecular weight excluding hydrogens is 256 g/mol. The van der Waals surface area contributed by atoms with Crippen LogP contribution in [0, 0.1) is 0 Å². The average molecular weight is 272 g/mol. The van der Waals surface area contributed by atoms with Crippen LogP contribution in [0.1, 0.15) is 23.2 Å². The van der Waals surface area contributed by atoms with Gasteiger partial charge in [-0.1, -0.05) is 35.5 Å². The number of amides is 1. The second kappa shape index (κ2) is 5.88. The lowest BCUT2D eigenvalue weighted by molar-refractivity contribution is 0.0857. The van der Waals surface area contributed by atoms with Gasteiger partial charge < -0.3 is 14.6 Å². The molecule has 2 heterocycles. The van der Waals surface area contributed by atoms with Crippen molar-refractivity contribution in [3.8, 4) is 11.3 Å². The first-order valence-electron chi connectivity index (χ1n) is 6.74. The van der Waals surface area contributed by atoms with Gasteiger partial charge >= 0.3 is 0 Å². The number of aromatic nitrogens is 1. The molecule has 1 aromatic carbocycles. The SMILES string of the molecule is O=C(NC[C@H]1CCCO1)c1conc1-c1ccccc1. The lowest BCUT2D eigenvalue weighted by Gasteiger charge is -2.10. The Kier molecular flexibility index (Phi) is 3.78. The van der Waals surface area contributed by atoms with E-state index >= 15 is 0 Å². The van der Waals surface area contributed by atoms with Crippen molar-refractivity contribution in [1.82, 2.24) is 10.5 Å². The summed E-state index contributed by atoms with van der Waals surface area (Å²) in [5.41, 5.74) is 1.88. The van der Waals surface area contributed by atoms with Crippen molar-refractivity contribution in [1.29, 1.82) is 0 Å². The first kappa shape index (κ1) is 12.9. The Labute approximate surface area is 116 Å². The van der Waals surface area contributed by atoms with Crippen LogP contribution in [-0.2, 0) is 4.74 Å². The van der Waals surface area contributed by atoms with Crippen LogP contribution in [0.15, 0.2) is 41.1 Å². The highest BCUT2D eigenvalue weighted by Gasteiger charge is 2.20. The molecule has 1 aliphatic heterocycles. The third-order valence-electron chi connectivity index (χ3n) is 3.38. The minimum absolute atomic E-state index is 0.124. The Balaban J connectivity index is 1.70. The Bertz CT molecular complexity index is 574. The fourth-order valence-electron chi connectivity index (χ4n) is 2.31. The summed E-state index contributed by atoms with van der Waals surface area (Å²) in [6.45, 7) is 1.31. The molecule has 0 aliphatic carbocycles. The predicted molar refractivity (Wildman–Crippen MR) is 73.2 cm³/mol. The predicted octanol–water partition coefficient (Wildman–Crippen LogP) is 2.25. The van der Waals surface area contributed by atoms with Gasteiger partial charge in [-0.05, 0) is 12.8 Å². The summed E-state index contributed by atoms with van der Waals surface area (Å²) < 4.78 is 10.4. The van der Waals surface area contributed by atoms with E-state index in [4.69, 9.17) is 9.26 Å². The van der Waals surface area contributed by atoms with Gasteiger partial charge in [-0.15, -0.1) is 0 Å². The van der Waals surface area contributed by atoms with Crippen LogP contribution in [0.25, 0.3) is 11.3 Å². The normalized spacial score (nSPS) is 18.1. The molecule has 1 N–H and O–H groups in total. The largest absolute Gasteiger partial charge is 0.376 e. The van der Waals surface area contributed by atoms with Gasteiger partial charge in [0.1, 0.15) is 17.5 Å². The van der Waals surface area contributed by atoms with Crippen molar-refractivity contribution in [2.75, 3.05) is 13.2 Å². The summed E-state index contributed by atoms with van der Waals surface area (Å²) in [6.07, 6.45) is 3.56. The molecule has 1 aromatic heterocycles. The fourth-order valence-corrected chi connectivity index (χ4v) is 2.31. The average Bonchev–Trinajstić information content (AvgIpc) is 3.17. The molecule has 0 radical (unpaired) electrons. The number of nitrogens with one attached hydrogen (secondary N) is 1. The first-order valence-corrected chi connectivity index (χ1v) is 6.74. The molecule has 3 rings (SSSR count). The molecule has 1 amide bonds. The summed E-state index contributed by atoms with van der Waals surface area (Å²) in [7, 11) is 0. The van der Waals surface area contributed by atoms with Crippen LogP contribution in [0.3, 0.4) is 0 Å². The van der Waals surface area contributed by atoms with Crippen molar-refractivity contribution in [2.45, 2.75) is 18.9 Å². The molecule has 104 valence electrons. The van der Waals surface area contributed by atoms with Crippen molar-refractivity contribution in [3.05, 3.63) is 42.2 Å². The summed E-state index contributed by atoms with van der Waals surface area (Å²) in [5, 5.41) is 6.79. The Morgan fingerprint density at radius 2 is 2.20 bits per heavy atom. The van der Waals surface area contributed by atoms with Crippen molar-refractivity contribution >= 4 is 5.91 Å². The second-order valence-corrected chi connectivity index (χ2v) is 4.79. The zero-order chi connectivity index (χ0) is 13.8. The summed E-state index contributed by atoms with van der Waals surface area (Å²) in [5.74, 6) is -0.180. The quantitative estimate of drug-likeness (QED) is 0.927. The van der Waals surface area contributed by atoms with E-state index in [0.717, 1.165) is 25.0 Å². The van der Waals surface area contributed by atoms with E-state index in [1.54, 1.807) is 0 Å². The fraction of sp³-hybridized carbons (Fsp3) is 0.333. The minimum Gasteiger partial charge on any atom is -0.376 e. The lowest BCUT2D eigenvalue weighted by atomic mass is 10.1. The molecule has 0 bridgehead atoms. The standard InChI is InChI=1S/C15H16N2O3/c18-15(16-9-12-7-4-8-19-12)13-10-20-17-14(13)11-5-2-1-3-6-11/h1-3,5-6,10,12H,4,7-9H2,(H,16,18)/t12-/m1/s1. The molecule has 1 atom stereocenters. The second-order valence-electron chi connectivity index (χ2n) is 4.79. The van der Waals surface area contributed by atoms with Gasteiger partial charge in [-0.3, -0.25) is 4.79 Å². The summed E-state index contributed by atoms with van der Waals surface area (Å²) >= 11 is 0. The van der Waals surface area contributed by atoms with E-state index in [1.165, 1.54) is 6.26 Å². The van der Waals surface area contributed by atoms with Gasteiger partial charge in [-0.2, -0.15) is 0 Å². The summed E-state index contributed by atoms with van der Waals surface area (Å²) in [4.78, 5) is 12.2. The Morgan fingerprint density at radius 3 is 2.95 bits per heavy atom. The number of nitrogens with zero attached hydrogens (tertiary/aromatic N) is 1. The number of rotatable bonds is 4. The van der Waals surface area contributed by atoms with Crippen molar-refractivity contribution in [3.63, 3.8) is 0 Å². The molecular formula is C15H16N2O3. The van der Waals surface area contributed by atoms with Crippen LogP contribution in [0.5, 0.6) is 0 Å². The number of carbonyl (C=O) groups excluding carboxylic acids is 1. The number of hydrogen-bond acceptors (Lipinski definition) is 4. The van der Waals surface area contributed by atoms with Crippen LogP contribution in [0.4, 0.5) is 0 Å². The number of carbonyl (C=O) groups is 1. The monoisotopic (exact) mass is 272 g/mol. The van der Waals surface area contributed by atoms with Gasteiger partial charge in [0, 0.05) is 18.7 Å². The zero-order valence-corrected chi connectivity index (χ0v) is 11.0. The maximum Gasteiger partial charge on any atom is 0.256 e. The van der Waals surface area contributed by atoms with Gasteiger partial charge in [0.15, 0.2) is 0 Å². The van der Waals surface area contributed by atoms with E-state index in [2.05, 4.69) is 10.5 Å². The maximum absolute atomic E-state index is 12.2. The van der Waals surface area contributed by atoms with E-state index in [0.29, 0.717) is 17.8 Å². The third kappa shape index (κ3) is 2.72. The molecule has 0 saturated carbocycles. The number of benzene rings is 1. The van der Waals surface area contributed by atoms with E-state index < -0.39 is 0 Å². The third-order valence-corrected chi connectivity index (χ3v) is 3.38. The number of ether oxygens (including phenoxy) is 1. The minimum atomic E-state index is -0.180. The molecule has 5 heteroatoms. The first-order chi connectivity index (χ1) is 9.84. The molecule has 1 fully saturated rings. The van der Waals surface area contributed by atoms with Crippen LogP contribution < -0.4 is 5.32 Å². The van der Waals surface area contributed by atoms with Crippen LogP contribution in [-0.4, -0.2) is 30.3 Å². The lowest BCUT2D eigenvalue weighted by Crippen LogP contribution is -2.31. The molecule has 0 unspecified atom stereocenters. The molecule has 0 spiro atoms. The van der Waals surface area contributed by atoms with Gasteiger partial charge in [-0.25, -0.2) is 0 Å². The van der Waals surface area contributed by atoms with Crippen LogP contribution >= 0.6 is 0 Å². The zero-order valence-electron chi connectivity index (χ0n) is 11.0. The number of hydrogen-bond donors (Lipinski definition) is 1. The van der Waals surface area contributed by atoms with Gasteiger partial charge in [0.25, 0.3) is 5.91 Å². The maximum atomic E-state index is 12.2. The van der Waals surface area contributed by atoms with Gasteiger partial charge in [0.2, 0.25) is 0 Å². The van der Waals surface area contributed by atoms with E-state index in [1.807, 2.05) is 30.3 Å².